The maximum atomic E-state index is 12.9. The smallest absolute Gasteiger partial charge is 0.270 e. The zero-order valence-corrected chi connectivity index (χ0v) is 14.2. The number of hydrogen-bond acceptors (Lipinski definition) is 3. The molecule has 0 spiro atoms. The molecule has 0 saturated carbocycles. The summed E-state index contributed by atoms with van der Waals surface area (Å²) >= 11 is 0. The molecule has 5 nitrogen and oxygen atoms in total. The molecule has 5 heteroatoms. The van der Waals surface area contributed by atoms with Gasteiger partial charge in [0, 0.05) is 25.4 Å². The van der Waals surface area contributed by atoms with E-state index in [1.807, 2.05) is 38.1 Å². The van der Waals surface area contributed by atoms with E-state index in [0.717, 1.165) is 11.3 Å². The van der Waals surface area contributed by atoms with Crippen LogP contribution in [0.1, 0.15) is 19.4 Å². The zero-order chi connectivity index (χ0) is 17.5. The molecule has 24 heavy (non-hydrogen) atoms. The summed E-state index contributed by atoms with van der Waals surface area (Å²) in [4.78, 5) is 26.7. The summed E-state index contributed by atoms with van der Waals surface area (Å²) in [5, 5.41) is 0. The Labute approximate surface area is 141 Å². The van der Waals surface area contributed by atoms with Gasteiger partial charge < -0.3 is 9.64 Å². The fourth-order valence-corrected chi connectivity index (χ4v) is 2.39. The van der Waals surface area contributed by atoms with Gasteiger partial charge in [0.05, 0.1) is 7.11 Å². The van der Waals surface area contributed by atoms with E-state index < -0.39 is 0 Å². The number of hydrogen-bond donors (Lipinski definition) is 0. The van der Waals surface area contributed by atoms with Gasteiger partial charge in [-0.1, -0.05) is 18.2 Å². The summed E-state index contributed by atoms with van der Waals surface area (Å²) < 4.78 is 6.53. The van der Waals surface area contributed by atoms with Gasteiger partial charge in [-0.2, -0.15) is 0 Å². The first kappa shape index (κ1) is 17.5. The van der Waals surface area contributed by atoms with Crippen LogP contribution in [0, 0.1) is 0 Å². The molecule has 1 heterocycles. The van der Waals surface area contributed by atoms with Crippen molar-refractivity contribution in [2.45, 2.75) is 13.8 Å². The van der Waals surface area contributed by atoms with Crippen LogP contribution in [0.2, 0.25) is 0 Å². The molecule has 0 bridgehead atoms. The van der Waals surface area contributed by atoms with E-state index in [1.165, 1.54) is 10.6 Å². The Balaban J connectivity index is 2.53. The first-order valence-electron chi connectivity index (χ1n) is 7.93. The molecule has 1 aromatic heterocycles. The second-order valence-corrected chi connectivity index (χ2v) is 5.19. The highest BCUT2D eigenvalue weighted by atomic mass is 16.5. The number of carbonyl (C=O) groups is 1. The number of amides is 1. The number of rotatable bonds is 6. The minimum absolute atomic E-state index is 0.177. The van der Waals surface area contributed by atoms with Crippen LogP contribution in [0.3, 0.4) is 0 Å². The Morgan fingerprint density at radius 3 is 2.33 bits per heavy atom. The van der Waals surface area contributed by atoms with Crippen LogP contribution in [0.4, 0.5) is 0 Å². The summed E-state index contributed by atoms with van der Waals surface area (Å²) in [6.45, 7) is 4.99. The standard InChI is InChI=1S/C19H22N2O3/c1-4-20(5-2)19(23)17(21-13-7-6-8-18(21)22)14-15-9-11-16(24-3)12-10-15/h6-14H,4-5H2,1-3H3/b17-14+. The lowest BCUT2D eigenvalue weighted by Gasteiger charge is -2.21. The molecule has 0 saturated heterocycles. The zero-order valence-electron chi connectivity index (χ0n) is 14.2. The largest absolute Gasteiger partial charge is 0.497 e. The van der Waals surface area contributed by atoms with Crippen molar-refractivity contribution in [3.05, 3.63) is 64.6 Å². The highest BCUT2D eigenvalue weighted by Crippen LogP contribution is 2.17. The van der Waals surface area contributed by atoms with Crippen molar-refractivity contribution in [3.63, 3.8) is 0 Å². The number of methoxy groups -OCH3 is 1. The Hall–Kier alpha value is -2.82. The van der Waals surface area contributed by atoms with Gasteiger partial charge >= 0.3 is 0 Å². The summed E-state index contributed by atoms with van der Waals surface area (Å²) in [6, 6.07) is 12.2. The molecule has 0 N–H and O–H groups in total. The normalized spacial score (nSPS) is 11.2. The van der Waals surface area contributed by atoms with Crippen molar-refractivity contribution in [1.82, 2.24) is 9.47 Å². The van der Waals surface area contributed by atoms with Crippen molar-refractivity contribution < 1.29 is 9.53 Å². The minimum atomic E-state index is -0.238. The van der Waals surface area contributed by atoms with Gasteiger partial charge in [-0.05, 0) is 43.7 Å². The van der Waals surface area contributed by atoms with E-state index in [4.69, 9.17) is 4.74 Å². The molecule has 0 aliphatic rings. The number of likely N-dealkylation sites (N-methyl/N-ethyl adjacent to an activating group) is 1. The number of ether oxygens (including phenoxy) is 1. The van der Waals surface area contributed by atoms with E-state index in [0.29, 0.717) is 18.8 Å². The second-order valence-electron chi connectivity index (χ2n) is 5.19. The molecule has 126 valence electrons. The van der Waals surface area contributed by atoms with Crippen molar-refractivity contribution in [3.8, 4) is 5.75 Å². The highest BCUT2D eigenvalue weighted by Gasteiger charge is 2.18. The number of carbonyl (C=O) groups excluding carboxylic acids is 1. The van der Waals surface area contributed by atoms with Crippen LogP contribution < -0.4 is 10.3 Å². The SMILES string of the molecule is CCN(CC)C(=O)/C(=C\c1ccc(OC)cc1)n1ccccc1=O. The average Bonchev–Trinajstić information content (AvgIpc) is 2.62. The highest BCUT2D eigenvalue weighted by molar-refractivity contribution is 6.18. The van der Waals surface area contributed by atoms with E-state index in [9.17, 15) is 9.59 Å². The van der Waals surface area contributed by atoms with Crippen molar-refractivity contribution in [2.75, 3.05) is 20.2 Å². The van der Waals surface area contributed by atoms with Gasteiger partial charge in [-0.25, -0.2) is 0 Å². The number of nitrogens with zero attached hydrogens (tertiary/aromatic N) is 2. The first-order valence-corrected chi connectivity index (χ1v) is 7.93. The van der Waals surface area contributed by atoms with Gasteiger partial charge in [0.2, 0.25) is 0 Å². The lowest BCUT2D eigenvalue weighted by Crippen LogP contribution is -2.35. The van der Waals surface area contributed by atoms with Crippen molar-refractivity contribution in [2.24, 2.45) is 0 Å². The molecule has 0 radical (unpaired) electrons. The molecule has 0 unspecified atom stereocenters. The maximum absolute atomic E-state index is 12.9. The first-order chi connectivity index (χ1) is 11.6. The maximum Gasteiger partial charge on any atom is 0.270 e. The Morgan fingerprint density at radius 1 is 1.12 bits per heavy atom. The topological polar surface area (TPSA) is 51.5 Å². The van der Waals surface area contributed by atoms with Crippen molar-refractivity contribution in [1.29, 1.82) is 0 Å². The second kappa shape index (κ2) is 8.15. The van der Waals surface area contributed by atoms with Crippen LogP contribution in [0.5, 0.6) is 5.75 Å². The Morgan fingerprint density at radius 2 is 1.79 bits per heavy atom. The number of pyridine rings is 1. The van der Waals surface area contributed by atoms with Gasteiger partial charge in [0.1, 0.15) is 11.4 Å². The number of benzene rings is 1. The lowest BCUT2D eigenvalue weighted by atomic mass is 10.1. The molecule has 1 aromatic carbocycles. The monoisotopic (exact) mass is 326 g/mol. The molecule has 2 rings (SSSR count). The van der Waals surface area contributed by atoms with Crippen molar-refractivity contribution >= 4 is 17.7 Å². The van der Waals surface area contributed by atoms with E-state index in [2.05, 4.69) is 0 Å². The quantitative estimate of drug-likeness (QED) is 0.767. The Bertz CT molecular complexity index is 772. The van der Waals surface area contributed by atoms with Crippen LogP contribution in [-0.4, -0.2) is 35.6 Å². The average molecular weight is 326 g/mol. The molecule has 1 amide bonds. The predicted octanol–water partition coefficient (Wildman–Crippen LogP) is 2.72. The number of aromatic nitrogens is 1. The fraction of sp³-hybridized carbons (Fsp3) is 0.263. The molecule has 0 atom stereocenters. The molecular formula is C19H22N2O3. The lowest BCUT2D eigenvalue weighted by molar-refractivity contribution is -0.125. The van der Waals surface area contributed by atoms with E-state index in [1.54, 1.807) is 36.4 Å². The minimum Gasteiger partial charge on any atom is -0.497 e. The summed E-state index contributed by atoms with van der Waals surface area (Å²) in [5.41, 5.74) is 0.911. The molecule has 2 aromatic rings. The predicted molar refractivity (Wildman–Crippen MR) is 95.8 cm³/mol. The summed E-state index contributed by atoms with van der Waals surface area (Å²) in [5.74, 6) is 0.560. The third kappa shape index (κ3) is 3.93. The van der Waals surface area contributed by atoms with E-state index in [-0.39, 0.29) is 11.5 Å². The van der Waals surface area contributed by atoms with E-state index >= 15 is 0 Å². The molecule has 0 fully saturated rings. The van der Waals surface area contributed by atoms with Crippen LogP contribution >= 0.6 is 0 Å². The summed E-state index contributed by atoms with van der Waals surface area (Å²) in [6.07, 6.45) is 3.33. The van der Waals surface area contributed by atoms with Gasteiger partial charge in [-0.15, -0.1) is 0 Å². The fourth-order valence-electron chi connectivity index (χ4n) is 2.39. The third-order valence-corrected chi connectivity index (χ3v) is 3.77. The van der Waals surface area contributed by atoms with Gasteiger partial charge in [0.25, 0.3) is 11.5 Å². The van der Waals surface area contributed by atoms with Crippen LogP contribution in [0.15, 0.2) is 53.5 Å². The Kier molecular flexibility index (Phi) is 5.95. The van der Waals surface area contributed by atoms with Gasteiger partial charge in [0.15, 0.2) is 0 Å². The summed E-state index contributed by atoms with van der Waals surface area (Å²) in [7, 11) is 1.60. The third-order valence-electron chi connectivity index (χ3n) is 3.77. The van der Waals surface area contributed by atoms with Gasteiger partial charge in [-0.3, -0.25) is 14.2 Å². The van der Waals surface area contributed by atoms with Crippen LogP contribution in [-0.2, 0) is 4.79 Å². The molecule has 0 aliphatic heterocycles. The molecular weight excluding hydrogens is 304 g/mol. The van der Waals surface area contributed by atoms with Crippen LogP contribution in [0.25, 0.3) is 11.8 Å². The molecule has 0 aliphatic carbocycles.